The van der Waals surface area contributed by atoms with E-state index < -0.39 is 41.7 Å². The van der Waals surface area contributed by atoms with E-state index >= 15 is 0 Å². The number of alkyl halides is 3. The molecule has 7 heterocycles. The molecule has 7 aliphatic rings. The Morgan fingerprint density at radius 2 is 0.819 bits per heavy atom. The zero-order chi connectivity index (χ0) is 83.2. The lowest BCUT2D eigenvalue weighted by Gasteiger charge is -2.15. The third-order valence-corrected chi connectivity index (χ3v) is 24.6. The Labute approximate surface area is 689 Å². The van der Waals surface area contributed by atoms with Crippen molar-refractivity contribution in [1.29, 1.82) is 0 Å². The fraction of sp³-hybridized carbons (Fsp3) is 0.658. The number of hydrogen-bond acceptors (Lipinski definition) is 27. The third-order valence-electron chi connectivity index (χ3n) is 20.1. The van der Waals surface area contributed by atoms with E-state index in [4.69, 9.17) is 38.2 Å². The van der Waals surface area contributed by atoms with Gasteiger partial charge in [-0.05, 0) is 146 Å². The number of carbonyl (C=O) groups is 12. The van der Waals surface area contributed by atoms with E-state index in [2.05, 4.69) is 52.2 Å². The average Bonchev–Trinajstić information content (AvgIpc) is 1.66. The molecule has 0 aromatic heterocycles. The standard InChI is InChI=1S/C41H63N9O5S2.C21H34N4O4.C16H19F3N4O5S.CH4/c42-39(55)26-21-27(45-35(53)19-7-3-1-5-13-29(51)15-9-11-17-33-37-31(24-56-33)47-40(43)49-37)23-28(22-26)46-36(54)20-8-4-2-6-14-30(52)16-10-12-18-34-38-32(25-57-34)48-41(44)50-38;1-2-29-21(28)16-13-17(24-19(26)9-5-3-7-11-22)15-18(14-16)25-20(27)10-6-4-8-12-23;17-16(18,19)14(27)22-15-20-8-7-29-9(13(8)21-15)3-1-2-4-12(26)28-23-10(24)5-6-11(23)25;/h21-23,31-34,37-38H,1-20,24-25H2,(H2,42,55)(H,45,53)(H,46,54)(H3,43,47,49)(H3,44,48,50);13-15H,2-12,22-23H2,1H3,(H,24,26)(H,25,27);8-9,13H,1-7H2,(H2,20,21,22,27);1H4/t31-,32-,33-,34-,37-,38-;;8-,9-,13-;/m0.0./s1. The molecular weight excluding hydrogens is 1560 g/mol. The third kappa shape index (κ3) is 34.2. The molecule has 18 N–H and O–H groups in total. The maximum absolute atomic E-state index is 12.7. The molecule has 7 aliphatic heterocycles. The SMILES string of the molecule is C.CCOC(=O)c1cc(NC(=O)CCCCCN)cc(NC(=O)CCCCCN)c1.NC(=O)c1cc(NC(=O)CCCCCCC(=O)CCCC[C@@H]2SC[C@@H]3NC(N)=N[C@@H]32)cc(NC(=O)CCCCCCC(=O)CCCC[C@@H]2SC[C@@H]3NC(N)=N[C@@H]32)c1.O=C(CCCC[C@@H]1SC[C@@H]2NC(NC(=O)C(F)(F)F)=N[C@@H]21)ON1C(=O)CCC1=O. The van der Waals surface area contributed by atoms with Crippen molar-refractivity contribution >= 4 is 147 Å². The minimum atomic E-state index is -4.98. The number of nitrogens with zero attached hydrogens (tertiary/aromatic N) is 4. The molecule has 0 unspecified atom stereocenters. The number of Topliss-reactive ketones (excluding diaryl/α,β-unsaturated/α-hetero) is 2. The van der Waals surface area contributed by atoms with Gasteiger partial charge in [-0.15, -0.1) is 5.06 Å². The number of rotatable bonds is 47. The number of guanidine groups is 3. The van der Waals surface area contributed by atoms with Crippen LogP contribution in [0.25, 0.3) is 0 Å². The van der Waals surface area contributed by atoms with Gasteiger partial charge in [0.05, 0.1) is 48.4 Å². The van der Waals surface area contributed by atoms with Crippen molar-refractivity contribution in [2.24, 2.45) is 43.6 Å². The van der Waals surface area contributed by atoms with Gasteiger partial charge < -0.3 is 75.5 Å². The van der Waals surface area contributed by atoms with Crippen LogP contribution in [-0.4, -0.2) is 189 Å². The van der Waals surface area contributed by atoms with Gasteiger partial charge in [-0.3, -0.25) is 53.3 Å². The van der Waals surface area contributed by atoms with Crippen LogP contribution in [0.2, 0.25) is 0 Å². The van der Waals surface area contributed by atoms with Gasteiger partial charge in [0.25, 0.3) is 11.8 Å². The lowest BCUT2D eigenvalue weighted by atomic mass is 10.0. The van der Waals surface area contributed by atoms with Gasteiger partial charge in [0.15, 0.2) is 17.9 Å². The first-order valence-corrected chi connectivity index (χ1v) is 43.6. The zero-order valence-corrected chi connectivity index (χ0v) is 68.1. The number of ether oxygens (including phenoxy) is 1. The van der Waals surface area contributed by atoms with Crippen LogP contribution in [0, 0.1) is 0 Å². The normalized spacial score (nSPS) is 20.6. The van der Waals surface area contributed by atoms with Crippen molar-refractivity contribution in [2.75, 3.05) is 58.2 Å². The van der Waals surface area contributed by atoms with Crippen LogP contribution in [0.4, 0.5) is 35.9 Å². The molecule has 8 amide bonds. The number of hydroxylamine groups is 2. The second-order valence-electron chi connectivity index (χ2n) is 29.6. The summed E-state index contributed by atoms with van der Waals surface area (Å²) in [5, 5.41) is 23.8. The first-order valence-electron chi connectivity index (χ1n) is 40.4. The number of anilines is 4. The highest BCUT2D eigenvalue weighted by molar-refractivity contribution is 8.00. The molecule has 116 heavy (non-hydrogen) atoms. The molecule has 0 bridgehead atoms. The van der Waals surface area contributed by atoms with Crippen LogP contribution in [-0.2, 0) is 57.5 Å². The number of esters is 1. The van der Waals surface area contributed by atoms with Gasteiger partial charge in [-0.25, -0.2) is 24.6 Å². The van der Waals surface area contributed by atoms with Crippen molar-refractivity contribution in [1.82, 2.24) is 26.3 Å². The van der Waals surface area contributed by atoms with E-state index in [1.807, 2.05) is 23.5 Å². The highest BCUT2D eigenvalue weighted by Gasteiger charge is 2.45. The number of unbranched alkanes of at least 4 members (excludes halogenated alkanes) is 13. The second kappa shape index (κ2) is 50.9. The molecule has 9 atom stereocenters. The molecule has 0 aliphatic carbocycles. The fourth-order valence-corrected chi connectivity index (χ4v) is 18.7. The van der Waals surface area contributed by atoms with Gasteiger partial charge in [-0.2, -0.15) is 48.5 Å². The van der Waals surface area contributed by atoms with Crippen molar-refractivity contribution in [3.8, 4) is 0 Å². The molecule has 0 radical (unpaired) electrons. The molecule has 0 spiro atoms. The molecule has 9 rings (SSSR count). The number of ketones is 2. The Morgan fingerprint density at radius 1 is 0.474 bits per heavy atom. The number of fused-ring (bicyclic) bond motifs is 3. The number of hydrogen-bond donors (Lipinski definition) is 13. The highest BCUT2D eigenvalue weighted by Crippen LogP contribution is 2.38. The molecule has 4 saturated heterocycles. The molecule has 644 valence electrons. The number of amides is 8. The zero-order valence-electron chi connectivity index (χ0n) is 65.7. The van der Waals surface area contributed by atoms with Crippen molar-refractivity contribution in [3.05, 3.63) is 47.5 Å². The number of halogens is 3. The summed E-state index contributed by atoms with van der Waals surface area (Å²) in [6, 6.07) is 10.2. The first kappa shape index (κ1) is 96.3. The van der Waals surface area contributed by atoms with E-state index in [0.29, 0.717) is 176 Å². The van der Waals surface area contributed by atoms with E-state index in [0.717, 1.165) is 127 Å². The van der Waals surface area contributed by atoms with E-state index in [1.54, 1.807) is 48.3 Å². The number of primary amides is 1. The van der Waals surface area contributed by atoms with E-state index in [1.165, 1.54) is 12.1 Å². The Bertz CT molecular complexity index is 3580. The Morgan fingerprint density at radius 3 is 1.19 bits per heavy atom. The van der Waals surface area contributed by atoms with E-state index in [9.17, 15) is 70.7 Å². The maximum Gasteiger partial charge on any atom is 0.471 e. The summed E-state index contributed by atoms with van der Waals surface area (Å²) in [5.74, 6) is -1.40. The summed E-state index contributed by atoms with van der Waals surface area (Å²) in [7, 11) is 0. The molecule has 4 fully saturated rings. The Balaban J connectivity index is 0.000000298. The highest BCUT2D eigenvalue weighted by atomic mass is 32.2. The first-order chi connectivity index (χ1) is 55.2. The molecule has 0 saturated carbocycles. The largest absolute Gasteiger partial charge is 0.471 e. The molecule has 2 aromatic rings. The fourth-order valence-electron chi connectivity index (χ4n) is 14.2. The van der Waals surface area contributed by atoms with Crippen molar-refractivity contribution < 1.29 is 80.3 Å². The number of benzene rings is 2. The Hall–Kier alpha value is -8.55. The summed E-state index contributed by atoms with van der Waals surface area (Å²) in [5.41, 5.74) is 30.2. The smallest absolute Gasteiger partial charge is 0.462 e. The minimum absolute atomic E-state index is 0. The summed E-state index contributed by atoms with van der Waals surface area (Å²) in [4.78, 5) is 162. The van der Waals surface area contributed by atoms with Crippen LogP contribution < -0.4 is 71.2 Å². The number of carbonyl (C=O) groups excluding carboxylic acids is 12. The second-order valence-corrected chi connectivity index (χ2v) is 33.4. The lowest BCUT2D eigenvalue weighted by molar-refractivity contribution is -0.197. The van der Waals surface area contributed by atoms with Crippen LogP contribution in [0.1, 0.15) is 253 Å². The molecule has 2 aromatic carbocycles. The quantitative estimate of drug-likeness (QED) is 0.0167. The molecule has 31 nitrogen and oxygen atoms in total. The van der Waals surface area contributed by atoms with Crippen LogP contribution in [0.3, 0.4) is 0 Å². The van der Waals surface area contributed by atoms with E-state index in [-0.39, 0.29) is 103 Å². The number of imide groups is 1. The average molecular weight is 1690 g/mol. The minimum Gasteiger partial charge on any atom is -0.462 e. The number of nitrogens with two attached hydrogens (primary N) is 5. The lowest BCUT2D eigenvalue weighted by Crippen LogP contribution is -2.47. The van der Waals surface area contributed by atoms with Crippen LogP contribution >= 0.6 is 35.3 Å². The van der Waals surface area contributed by atoms with Gasteiger partial charge in [0, 0.05) is 132 Å². The van der Waals surface area contributed by atoms with Crippen LogP contribution in [0.15, 0.2) is 51.4 Å². The van der Waals surface area contributed by atoms with Gasteiger partial charge in [0.2, 0.25) is 29.5 Å². The summed E-state index contributed by atoms with van der Waals surface area (Å²) >= 11 is 5.53. The summed E-state index contributed by atoms with van der Waals surface area (Å²) < 4.78 is 42.0. The van der Waals surface area contributed by atoms with Crippen molar-refractivity contribution in [3.63, 3.8) is 0 Å². The molecular formula is C79H120F3N17O14S3. The van der Waals surface area contributed by atoms with Gasteiger partial charge in [0.1, 0.15) is 11.6 Å². The molecule has 37 heteroatoms. The number of thioether (sulfide) groups is 3. The predicted molar refractivity (Wildman–Crippen MR) is 447 cm³/mol. The predicted octanol–water partition coefficient (Wildman–Crippen LogP) is 9.20. The number of aliphatic imine (C=N–C) groups is 3. The summed E-state index contributed by atoms with van der Waals surface area (Å²) in [6.45, 7) is 3.17. The number of nitrogens with one attached hydrogen (secondary N) is 8. The van der Waals surface area contributed by atoms with Crippen LogP contribution in [0.5, 0.6) is 0 Å². The maximum atomic E-state index is 12.7. The van der Waals surface area contributed by atoms with Crippen molar-refractivity contribution in [2.45, 2.75) is 291 Å². The van der Waals surface area contributed by atoms with Gasteiger partial charge in [-0.1, -0.05) is 65.2 Å². The Kier molecular flexibility index (Phi) is 42.3. The summed E-state index contributed by atoms with van der Waals surface area (Å²) in [6.07, 6.45) is 18.1. The topological polar surface area (TPSA) is 490 Å². The van der Waals surface area contributed by atoms with Gasteiger partial charge >= 0.3 is 24.0 Å². The monoisotopic (exact) mass is 1680 g/mol.